The summed E-state index contributed by atoms with van der Waals surface area (Å²) in [6, 6.07) is 16.0. The highest BCUT2D eigenvalue weighted by atomic mass is 35.5. The number of benzene rings is 2. The second-order valence-corrected chi connectivity index (χ2v) is 7.33. The summed E-state index contributed by atoms with van der Waals surface area (Å²) in [4.78, 5) is 12.6. The molecule has 1 heterocycles. The molecule has 0 saturated carbocycles. The zero-order valence-corrected chi connectivity index (χ0v) is 15.1. The molecule has 0 aliphatic rings. The van der Waals surface area contributed by atoms with Crippen molar-refractivity contribution in [3.8, 4) is 0 Å². The number of hydrogen-bond donors (Lipinski definition) is 1. The van der Waals surface area contributed by atoms with Crippen molar-refractivity contribution in [2.24, 2.45) is 0 Å². The first-order valence-corrected chi connectivity index (χ1v) is 9.47. The number of rotatable bonds is 6. The Bertz CT molecular complexity index is 957. The molecule has 3 rings (SSSR count). The van der Waals surface area contributed by atoms with Crippen LogP contribution in [-0.4, -0.2) is 10.1 Å². The fourth-order valence-corrected chi connectivity index (χ4v) is 3.81. The molecule has 0 aliphatic heterocycles. The van der Waals surface area contributed by atoms with E-state index in [-0.39, 0.29) is 23.9 Å². The summed E-state index contributed by atoms with van der Waals surface area (Å²) in [5, 5.41) is 3.08. The molecule has 0 bridgehead atoms. The van der Waals surface area contributed by atoms with Gasteiger partial charge in [-0.05, 0) is 42.0 Å². The fourth-order valence-electron chi connectivity index (χ4n) is 2.33. The number of amides is 1. The molecule has 1 atom stereocenters. The molecule has 2 aromatic carbocycles. The molecule has 26 heavy (non-hydrogen) atoms. The monoisotopic (exact) mass is 391 g/mol. The molecule has 0 spiro atoms. The SMILES string of the molecule is O=C(NCc1cccc(F)c1)c1ccc(CS(=O)c2ccccc2Cl)o1. The summed E-state index contributed by atoms with van der Waals surface area (Å²) in [7, 11) is -1.38. The molecular weight excluding hydrogens is 377 g/mol. The topological polar surface area (TPSA) is 59.3 Å². The van der Waals surface area contributed by atoms with Gasteiger partial charge in [-0.3, -0.25) is 9.00 Å². The van der Waals surface area contributed by atoms with Crippen LogP contribution in [0.1, 0.15) is 21.9 Å². The van der Waals surface area contributed by atoms with E-state index in [4.69, 9.17) is 16.0 Å². The van der Waals surface area contributed by atoms with Gasteiger partial charge in [0.15, 0.2) is 5.76 Å². The van der Waals surface area contributed by atoms with Crippen molar-refractivity contribution in [2.75, 3.05) is 0 Å². The first kappa shape index (κ1) is 18.4. The molecule has 0 aliphatic carbocycles. The highest BCUT2D eigenvalue weighted by molar-refractivity contribution is 7.84. The highest BCUT2D eigenvalue weighted by Gasteiger charge is 2.15. The van der Waals surface area contributed by atoms with E-state index in [0.717, 1.165) is 0 Å². The van der Waals surface area contributed by atoms with E-state index in [0.29, 0.717) is 21.2 Å². The maximum atomic E-state index is 13.1. The average Bonchev–Trinajstić information content (AvgIpc) is 3.08. The molecule has 1 aromatic heterocycles. The van der Waals surface area contributed by atoms with Crippen molar-refractivity contribution < 1.29 is 17.8 Å². The average molecular weight is 392 g/mol. The van der Waals surface area contributed by atoms with Gasteiger partial charge in [0.25, 0.3) is 5.91 Å². The van der Waals surface area contributed by atoms with Crippen LogP contribution < -0.4 is 5.32 Å². The normalized spacial score (nSPS) is 11.9. The number of carbonyl (C=O) groups is 1. The lowest BCUT2D eigenvalue weighted by Crippen LogP contribution is -2.22. The Labute approximate surface area is 157 Å². The van der Waals surface area contributed by atoms with Gasteiger partial charge < -0.3 is 9.73 Å². The predicted molar refractivity (Wildman–Crippen MR) is 97.8 cm³/mol. The summed E-state index contributed by atoms with van der Waals surface area (Å²) >= 11 is 6.04. The van der Waals surface area contributed by atoms with E-state index in [1.807, 2.05) is 0 Å². The van der Waals surface area contributed by atoms with Crippen LogP contribution in [0.25, 0.3) is 0 Å². The minimum atomic E-state index is -1.38. The predicted octanol–water partition coefficient (Wildman–Crippen LogP) is 4.31. The molecule has 1 N–H and O–H groups in total. The van der Waals surface area contributed by atoms with Crippen LogP contribution in [0.3, 0.4) is 0 Å². The van der Waals surface area contributed by atoms with Gasteiger partial charge in [0.2, 0.25) is 0 Å². The van der Waals surface area contributed by atoms with Crippen molar-refractivity contribution in [1.29, 1.82) is 0 Å². The van der Waals surface area contributed by atoms with E-state index < -0.39 is 16.7 Å². The second-order valence-electron chi connectivity index (χ2n) is 5.50. The second kappa shape index (κ2) is 8.29. The Morgan fingerprint density at radius 1 is 1.12 bits per heavy atom. The molecule has 1 amide bonds. The van der Waals surface area contributed by atoms with Crippen LogP contribution in [0.5, 0.6) is 0 Å². The van der Waals surface area contributed by atoms with Crippen LogP contribution in [0.15, 0.2) is 70.0 Å². The van der Waals surface area contributed by atoms with Gasteiger partial charge in [-0.25, -0.2) is 4.39 Å². The summed E-state index contributed by atoms with van der Waals surface area (Å²) in [5.74, 6) is -0.157. The molecule has 7 heteroatoms. The molecule has 0 radical (unpaired) electrons. The maximum Gasteiger partial charge on any atom is 0.287 e. The third-order valence-corrected chi connectivity index (χ3v) is 5.42. The standard InChI is InChI=1S/C19H15ClFNO3S/c20-16-6-1-2-7-18(16)26(24)12-15-8-9-17(25-15)19(23)22-11-13-4-3-5-14(21)10-13/h1-10H,11-12H2,(H,22,23). The third-order valence-electron chi connectivity index (χ3n) is 3.58. The number of hydrogen-bond acceptors (Lipinski definition) is 3. The lowest BCUT2D eigenvalue weighted by molar-refractivity contribution is 0.0921. The van der Waals surface area contributed by atoms with Crippen LogP contribution >= 0.6 is 11.6 Å². The van der Waals surface area contributed by atoms with Gasteiger partial charge in [-0.2, -0.15) is 0 Å². The zero-order chi connectivity index (χ0) is 18.5. The van der Waals surface area contributed by atoms with Gasteiger partial charge in [0.1, 0.15) is 11.6 Å². The number of furan rings is 1. The van der Waals surface area contributed by atoms with Gasteiger partial charge in [0.05, 0.1) is 26.5 Å². The Morgan fingerprint density at radius 2 is 1.92 bits per heavy atom. The van der Waals surface area contributed by atoms with E-state index >= 15 is 0 Å². The Morgan fingerprint density at radius 3 is 2.69 bits per heavy atom. The first-order valence-electron chi connectivity index (χ1n) is 7.77. The molecule has 134 valence electrons. The lowest BCUT2D eigenvalue weighted by atomic mass is 10.2. The number of halogens is 2. The molecule has 3 aromatic rings. The van der Waals surface area contributed by atoms with Crippen molar-refractivity contribution in [3.05, 3.63) is 88.6 Å². The van der Waals surface area contributed by atoms with Gasteiger partial charge in [-0.1, -0.05) is 35.9 Å². The lowest BCUT2D eigenvalue weighted by Gasteiger charge is -2.04. The van der Waals surface area contributed by atoms with Gasteiger partial charge in [0, 0.05) is 6.54 Å². The third kappa shape index (κ3) is 4.59. The zero-order valence-electron chi connectivity index (χ0n) is 13.6. The fraction of sp³-hybridized carbons (Fsp3) is 0.105. The summed E-state index contributed by atoms with van der Waals surface area (Å²) in [6.45, 7) is 0.179. The molecule has 4 nitrogen and oxygen atoms in total. The molecule has 0 saturated heterocycles. The smallest absolute Gasteiger partial charge is 0.287 e. The van der Waals surface area contributed by atoms with Crippen LogP contribution in [0, 0.1) is 5.82 Å². The van der Waals surface area contributed by atoms with Crippen molar-refractivity contribution in [2.45, 2.75) is 17.2 Å². The van der Waals surface area contributed by atoms with Crippen molar-refractivity contribution >= 4 is 28.3 Å². The summed E-state index contributed by atoms with van der Waals surface area (Å²) < 4.78 is 31.0. The van der Waals surface area contributed by atoms with Crippen molar-refractivity contribution in [1.82, 2.24) is 5.32 Å². The summed E-state index contributed by atoms with van der Waals surface area (Å²) in [6.07, 6.45) is 0. The Kier molecular flexibility index (Phi) is 5.85. The first-order chi connectivity index (χ1) is 12.5. The van der Waals surface area contributed by atoms with Crippen LogP contribution in [0.2, 0.25) is 5.02 Å². The van der Waals surface area contributed by atoms with Crippen molar-refractivity contribution in [3.63, 3.8) is 0 Å². The molecule has 1 unspecified atom stereocenters. The minimum absolute atomic E-state index is 0.104. The Hall–Kier alpha value is -2.44. The largest absolute Gasteiger partial charge is 0.455 e. The highest BCUT2D eigenvalue weighted by Crippen LogP contribution is 2.22. The Balaban J connectivity index is 1.61. The van der Waals surface area contributed by atoms with Crippen LogP contribution in [-0.2, 0) is 23.1 Å². The summed E-state index contributed by atoms with van der Waals surface area (Å²) in [5.41, 5.74) is 0.643. The molecular formula is C19H15ClFNO3S. The maximum absolute atomic E-state index is 13.1. The van der Waals surface area contributed by atoms with E-state index in [1.165, 1.54) is 18.2 Å². The van der Waals surface area contributed by atoms with E-state index in [1.54, 1.807) is 42.5 Å². The number of nitrogens with one attached hydrogen (secondary N) is 1. The van der Waals surface area contributed by atoms with Crippen LogP contribution in [0.4, 0.5) is 4.39 Å². The quantitative estimate of drug-likeness (QED) is 0.681. The van der Waals surface area contributed by atoms with Gasteiger partial charge in [-0.15, -0.1) is 0 Å². The van der Waals surface area contributed by atoms with Gasteiger partial charge >= 0.3 is 0 Å². The number of carbonyl (C=O) groups excluding carboxylic acids is 1. The van der Waals surface area contributed by atoms with E-state index in [9.17, 15) is 13.4 Å². The molecule has 0 fully saturated rings. The van der Waals surface area contributed by atoms with E-state index in [2.05, 4.69) is 5.32 Å². The minimum Gasteiger partial charge on any atom is -0.455 e.